The van der Waals surface area contributed by atoms with E-state index in [4.69, 9.17) is 9.47 Å². The fourth-order valence-corrected chi connectivity index (χ4v) is 2.93. The molecule has 0 aliphatic carbocycles. The van der Waals surface area contributed by atoms with E-state index >= 15 is 0 Å². The Morgan fingerprint density at radius 1 is 1.12 bits per heavy atom. The molecule has 0 N–H and O–H groups in total. The van der Waals surface area contributed by atoms with E-state index in [9.17, 15) is 4.79 Å². The molecule has 0 bridgehead atoms. The number of hydrogen-bond acceptors (Lipinski definition) is 4. The molecule has 5 heteroatoms. The van der Waals surface area contributed by atoms with E-state index in [1.807, 2.05) is 36.9 Å². The van der Waals surface area contributed by atoms with Crippen LogP contribution in [-0.4, -0.2) is 56.1 Å². The maximum absolute atomic E-state index is 12.6. The van der Waals surface area contributed by atoms with Gasteiger partial charge in [0.2, 0.25) is 5.91 Å². The normalized spacial score (nSPS) is 16.1. The van der Waals surface area contributed by atoms with E-state index in [0.717, 1.165) is 56.2 Å². The lowest BCUT2D eigenvalue weighted by Gasteiger charge is -2.38. The second-order valence-corrected chi connectivity index (χ2v) is 6.98. The summed E-state index contributed by atoms with van der Waals surface area (Å²) < 4.78 is 10.8. The monoisotopic (exact) mass is 334 g/mol. The molecule has 0 aromatic heterocycles. The summed E-state index contributed by atoms with van der Waals surface area (Å²) in [7, 11) is 3.36. The predicted molar refractivity (Wildman–Crippen MR) is 95.5 cm³/mol. The Morgan fingerprint density at radius 3 is 2.33 bits per heavy atom. The molecule has 24 heavy (non-hydrogen) atoms. The van der Waals surface area contributed by atoms with Crippen molar-refractivity contribution in [2.45, 2.75) is 33.7 Å². The van der Waals surface area contributed by atoms with Gasteiger partial charge in [-0.1, -0.05) is 20.8 Å². The average Bonchev–Trinajstić information content (AvgIpc) is 2.61. The number of ether oxygens (including phenoxy) is 2. The third kappa shape index (κ3) is 4.20. The first-order valence-electron chi connectivity index (χ1n) is 8.64. The standard InChI is InChI=1S/C19H30N2O3/c1-6-19(2,3)18(22)21-11-9-20(10-12-21)14-15-13-16(23-4)7-8-17(15)24-5/h7-8,13H,6,9-12,14H2,1-5H3. The van der Waals surface area contributed by atoms with Crippen molar-refractivity contribution < 1.29 is 14.3 Å². The Bertz CT molecular complexity index is 564. The highest BCUT2D eigenvalue weighted by atomic mass is 16.5. The first-order chi connectivity index (χ1) is 11.4. The fourth-order valence-electron chi connectivity index (χ4n) is 2.93. The Balaban J connectivity index is 1.97. The van der Waals surface area contributed by atoms with E-state index in [1.54, 1.807) is 14.2 Å². The lowest BCUT2D eigenvalue weighted by molar-refractivity contribution is -0.142. The zero-order chi connectivity index (χ0) is 17.7. The highest BCUT2D eigenvalue weighted by Gasteiger charge is 2.32. The molecular weight excluding hydrogens is 304 g/mol. The van der Waals surface area contributed by atoms with Gasteiger partial charge in [-0.25, -0.2) is 0 Å². The van der Waals surface area contributed by atoms with Gasteiger partial charge in [0.25, 0.3) is 0 Å². The number of amides is 1. The summed E-state index contributed by atoms with van der Waals surface area (Å²) >= 11 is 0. The molecule has 0 spiro atoms. The van der Waals surface area contributed by atoms with Crippen molar-refractivity contribution >= 4 is 5.91 Å². The van der Waals surface area contributed by atoms with E-state index < -0.39 is 0 Å². The molecule has 1 aromatic rings. The van der Waals surface area contributed by atoms with Gasteiger partial charge in [-0.05, 0) is 24.6 Å². The summed E-state index contributed by atoms with van der Waals surface area (Å²) in [6.45, 7) is 10.3. The summed E-state index contributed by atoms with van der Waals surface area (Å²) in [4.78, 5) is 16.9. The molecule has 1 heterocycles. The smallest absolute Gasteiger partial charge is 0.228 e. The number of benzene rings is 1. The van der Waals surface area contributed by atoms with Crippen LogP contribution in [0.2, 0.25) is 0 Å². The van der Waals surface area contributed by atoms with Crippen LogP contribution in [0.25, 0.3) is 0 Å². The molecule has 1 amide bonds. The minimum atomic E-state index is -0.266. The van der Waals surface area contributed by atoms with Crippen LogP contribution >= 0.6 is 0 Å². The Hall–Kier alpha value is -1.75. The number of hydrogen-bond donors (Lipinski definition) is 0. The topological polar surface area (TPSA) is 42.0 Å². The fraction of sp³-hybridized carbons (Fsp3) is 0.632. The van der Waals surface area contributed by atoms with Crippen molar-refractivity contribution in [3.05, 3.63) is 23.8 Å². The first-order valence-corrected chi connectivity index (χ1v) is 8.64. The molecule has 1 aliphatic heterocycles. The van der Waals surface area contributed by atoms with Crippen molar-refractivity contribution in [1.82, 2.24) is 9.80 Å². The highest BCUT2D eigenvalue weighted by Crippen LogP contribution is 2.27. The third-order valence-electron chi connectivity index (χ3n) is 5.00. The highest BCUT2D eigenvalue weighted by molar-refractivity contribution is 5.82. The van der Waals surface area contributed by atoms with Crippen LogP contribution in [0.5, 0.6) is 11.5 Å². The molecule has 134 valence electrons. The Morgan fingerprint density at radius 2 is 1.79 bits per heavy atom. The molecular formula is C19H30N2O3. The SMILES string of the molecule is CCC(C)(C)C(=O)N1CCN(Cc2cc(OC)ccc2OC)CC1. The number of nitrogens with zero attached hydrogens (tertiary/aromatic N) is 2. The second kappa shape index (κ2) is 7.88. The van der Waals surface area contributed by atoms with Gasteiger partial charge in [0.1, 0.15) is 11.5 Å². The molecule has 1 fully saturated rings. The van der Waals surface area contributed by atoms with E-state index in [-0.39, 0.29) is 11.3 Å². The summed E-state index contributed by atoms with van der Waals surface area (Å²) in [5, 5.41) is 0. The summed E-state index contributed by atoms with van der Waals surface area (Å²) in [5.74, 6) is 1.98. The van der Waals surface area contributed by atoms with Crippen LogP contribution in [-0.2, 0) is 11.3 Å². The maximum atomic E-state index is 12.6. The average molecular weight is 334 g/mol. The van der Waals surface area contributed by atoms with Gasteiger partial charge in [0, 0.05) is 43.7 Å². The summed E-state index contributed by atoms with van der Waals surface area (Å²) in [6.07, 6.45) is 0.868. The minimum absolute atomic E-state index is 0.266. The quantitative estimate of drug-likeness (QED) is 0.802. The molecule has 1 saturated heterocycles. The Kier molecular flexibility index (Phi) is 6.10. The third-order valence-corrected chi connectivity index (χ3v) is 5.00. The van der Waals surface area contributed by atoms with Crippen LogP contribution in [0, 0.1) is 5.41 Å². The second-order valence-electron chi connectivity index (χ2n) is 6.98. The van der Waals surface area contributed by atoms with E-state index in [2.05, 4.69) is 11.8 Å². The van der Waals surface area contributed by atoms with Crippen molar-refractivity contribution in [3.8, 4) is 11.5 Å². The van der Waals surface area contributed by atoms with Crippen LogP contribution in [0.15, 0.2) is 18.2 Å². The van der Waals surface area contributed by atoms with Crippen LogP contribution in [0.3, 0.4) is 0 Å². The molecule has 0 atom stereocenters. The van der Waals surface area contributed by atoms with E-state index in [1.165, 1.54) is 0 Å². The molecule has 1 aliphatic rings. The number of methoxy groups -OCH3 is 2. The zero-order valence-corrected chi connectivity index (χ0v) is 15.6. The van der Waals surface area contributed by atoms with Crippen molar-refractivity contribution in [3.63, 3.8) is 0 Å². The van der Waals surface area contributed by atoms with Gasteiger partial charge >= 0.3 is 0 Å². The summed E-state index contributed by atoms with van der Waals surface area (Å²) in [5.41, 5.74) is 0.851. The van der Waals surface area contributed by atoms with E-state index in [0.29, 0.717) is 0 Å². The van der Waals surface area contributed by atoms with Gasteiger partial charge in [0.05, 0.1) is 14.2 Å². The number of carbonyl (C=O) groups is 1. The minimum Gasteiger partial charge on any atom is -0.497 e. The molecule has 2 rings (SSSR count). The number of rotatable bonds is 6. The van der Waals surface area contributed by atoms with Gasteiger partial charge in [-0.3, -0.25) is 9.69 Å². The first kappa shape index (κ1) is 18.6. The predicted octanol–water partition coefficient (Wildman–Crippen LogP) is 2.78. The molecule has 1 aromatic carbocycles. The van der Waals surface area contributed by atoms with Gasteiger partial charge in [-0.2, -0.15) is 0 Å². The van der Waals surface area contributed by atoms with Gasteiger partial charge < -0.3 is 14.4 Å². The number of carbonyl (C=O) groups excluding carboxylic acids is 1. The van der Waals surface area contributed by atoms with Crippen LogP contribution in [0.1, 0.15) is 32.8 Å². The van der Waals surface area contributed by atoms with Crippen molar-refractivity contribution in [1.29, 1.82) is 0 Å². The van der Waals surface area contributed by atoms with Crippen molar-refractivity contribution in [2.75, 3.05) is 40.4 Å². The molecule has 0 radical (unpaired) electrons. The Labute approximate surface area is 145 Å². The van der Waals surface area contributed by atoms with Crippen LogP contribution in [0.4, 0.5) is 0 Å². The zero-order valence-electron chi connectivity index (χ0n) is 15.6. The lowest BCUT2D eigenvalue weighted by atomic mass is 9.88. The largest absolute Gasteiger partial charge is 0.497 e. The van der Waals surface area contributed by atoms with Crippen molar-refractivity contribution in [2.24, 2.45) is 5.41 Å². The molecule has 0 saturated carbocycles. The molecule has 5 nitrogen and oxygen atoms in total. The number of piperazine rings is 1. The molecule has 0 unspecified atom stereocenters. The van der Waals surface area contributed by atoms with Gasteiger partial charge in [-0.15, -0.1) is 0 Å². The van der Waals surface area contributed by atoms with Crippen LogP contribution < -0.4 is 9.47 Å². The maximum Gasteiger partial charge on any atom is 0.228 e. The lowest BCUT2D eigenvalue weighted by Crippen LogP contribution is -2.51. The summed E-state index contributed by atoms with van der Waals surface area (Å²) in [6, 6.07) is 5.88. The van der Waals surface area contributed by atoms with Gasteiger partial charge in [0.15, 0.2) is 0 Å².